The summed E-state index contributed by atoms with van der Waals surface area (Å²) in [5, 5.41) is 10.4. The fourth-order valence-corrected chi connectivity index (χ4v) is 3.44. The average molecular weight is 269 g/mol. The van der Waals surface area contributed by atoms with Crippen LogP contribution in [0.4, 0.5) is 0 Å². The van der Waals surface area contributed by atoms with Crippen LogP contribution in [0.15, 0.2) is 0 Å². The van der Waals surface area contributed by atoms with Crippen molar-refractivity contribution in [2.75, 3.05) is 13.1 Å². The summed E-state index contributed by atoms with van der Waals surface area (Å²) < 4.78 is 0. The van der Waals surface area contributed by atoms with Crippen LogP contribution in [0.25, 0.3) is 0 Å². The SMILES string of the molecule is CC(C)CN(CC(C)C)C1CC(C(C)C)CCC1O. The van der Waals surface area contributed by atoms with Gasteiger partial charge in [0.05, 0.1) is 6.10 Å². The largest absolute Gasteiger partial charge is 0.391 e. The molecule has 2 nitrogen and oxygen atoms in total. The van der Waals surface area contributed by atoms with E-state index in [-0.39, 0.29) is 6.10 Å². The lowest BCUT2D eigenvalue weighted by molar-refractivity contribution is -0.0132. The smallest absolute Gasteiger partial charge is 0.0695 e. The lowest BCUT2D eigenvalue weighted by atomic mass is 9.77. The van der Waals surface area contributed by atoms with Crippen LogP contribution in [0.3, 0.4) is 0 Å². The molecule has 1 saturated carbocycles. The van der Waals surface area contributed by atoms with E-state index in [9.17, 15) is 5.11 Å². The zero-order valence-corrected chi connectivity index (χ0v) is 13.9. The Kier molecular flexibility index (Phi) is 6.82. The van der Waals surface area contributed by atoms with Crippen LogP contribution >= 0.6 is 0 Å². The van der Waals surface area contributed by atoms with E-state index in [0.717, 1.165) is 31.3 Å². The third-order valence-corrected chi connectivity index (χ3v) is 4.43. The van der Waals surface area contributed by atoms with Crippen molar-refractivity contribution in [2.45, 2.75) is 73.0 Å². The number of hydrogen-bond donors (Lipinski definition) is 1. The highest BCUT2D eigenvalue weighted by Gasteiger charge is 2.34. The second-order valence-corrected chi connectivity index (χ2v) is 7.69. The molecule has 1 rings (SSSR count). The molecule has 0 aromatic carbocycles. The third-order valence-electron chi connectivity index (χ3n) is 4.43. The molecule has 1 fully saturated rings. The van der Waals surface area contributed by atoms with Gasteiger partial charge in [-0.05, 0) is 42.9 Å². The fraction of sp³-hybridized carbons (Fsp3) is 1.00. The number of nitrogens with zero attached hydrogens (tertiary/aromatic N) is 1. The Morgan fingerprint density at radius 2 is 1.47 bits per heavy atom. The standard InChI is InChI=1S/C17H35NO/c1-12(2)10-18(11-13(3)4)16-9-15(14(5)6)7-8-17(16)19/h12-17,19H,7-11H2,1-6H3. The molecule has 3 unspecified atom stereocenters. The minimum Gasteiger partial charge on any atom is -0.391 e. The summed E-state index contributed by atoms with van der Waals surface area (Å²) in [4.78, 5) is 2.56. The van der Waals surface area contributed by atoms with Crippen LogP contribution in [0.5, 0.6) is 0 Å². The lowest BCUT2D eigenvalue weighted by Gasteiger charge is -2.43. The van der Waals surface area contributed by atoms with Crippen molar-refractivity contribution in [2.24, 2.45) is 23.7 Å². The molecule has 0 aromatic rings. The van der Waals surface area contributed by atoms with Crippen molar-refractivity contribution in [1.29, 1.82) is 0 Å². The van der Waals surface area contributed by atoms with Gasteiger partial charge in [0.2, 0.25) is 0 Å². The zero-order chi connectivity index (χ0) is 14.6. The van der Waals surface area contributed by atoms with Crippen molar-refractivity contribution in [3.63, 3.8) is 0 Å². The average Bonchev–Trinajstić information content (AvgIpc) is 2.27. The van der Waals surface area contributed by atoms with Crippen LogP contribution < -0.4 is 0 Å². The highest BCUT2D eigenvalue weighted by Crippen LogP contribution is 2.33. The predicted molar refractivity (Wildman–Crippen MR) is 83.2 cm³/mol. The van der Waals surface area contributed by atoms with Crippen molar-refractivity contribution >= 4 is 0 Å². The number of aliphatic hydroxyl groups excluding tert-OH is 1. The van der Waals surface area contributed by atoms with Gasteiger partial charge in [0.15, 0.2) is 0 Å². The van der Waals surface area contributed by atoms with Crippen molar-refractivity contribution < 1.29 is 5.11 Å². The van der Waals surface area contributed by atoms with Crippen molar-refractivity contribution in [3.05, 3.63) is 0 Å². The zero-order valence-electron chi connectivity index (χ0n) is 13.9. The Bertz CT molecular complexity index is 240. The van der Waals surface area contributed by atoms with Gasteiger partial charge < -0.3 is 5.11 Å². The number of aliphatic hydroxyl groups is 1. The Labute approximate surface area is 120 Å². The Balaban J connectivity index is 2.73. The normalized spacial score (nSPS) is 28.9. The molecule has 0 aliphatic heterocycles. The van der Waals surface area contributed by atoms with E-state index in [1.54, 1.807) is 0 Å². The van der Waals surface area contributed by atoms with Crippen LogP contribution in [0, 0.1) is 23.7 Å². The van der Waals surface area contributed by atoms with Crippen LogP contribution in [0.1, 0.15) is 60.8 Å². The Hall–Kier alpha value is -0.0800. The highest BCUT2D eigenvalue weighted by molar-refractivity contribution is 4.88. The van der Waals surface area contributed by atoms with Crippen LogP contribution in [0.2, 0.25) is 0 Å². The topological polar surface area (TPSA) is 23.5 Å². The quantitative estimate of drug-likeness (QED) is 0.793. The summed E-state index contributed by atoms with van der Waals surface area (Å²) >= 11 is 0. The third kappa shape index (κ3) is 5.43. The van der Waals surface area contributed by atoms with Gasteiger partial charge in [0, 0.05) is 19.1 Å². The van der Waals surface area contributed by atoms with Gasteiger partial charge in [0.25, 0.3) is 0 Å². The molecule has 1 N–H and O–H groups in total. The van der Waals surface area contributed by atoms with Gasteiger partial charge in [0.1, 0.15) is 0 Å². The Morgan fingerprint density at radius 3 is 1.89 bits per heavy atom. The van der Waals surface area contributed by atoms with Crippen LogP contribution in [-0.2, 0) is 0 Å². The summed E-state index contributed by atoms with van der Waals surface area (Å²) in [6.45, 7) is 16.0. The predicted octanol–water partition coefficient (Wildman–Crippen LogP) is 3.79. The summed E-state index contributed by atoms with van der Waals surface area (Å²) in [6, 6.07) is 0.381. The first kappa shape index (κ1) is 17.0. The van der Waals surface area contributed by atoms with Crippen molar-refractivity contribution in [1.82, 2.24) is 4.90 Å². The van der Waals surface area contributed by atoms with Crippen molar-refractivity contribution in [3.8, 4) is 0 Å². The molecule has 2 heteroatoms. The minimum atomic E-state index is -0.118. The molecule has 0 radical (unpaired) electrons. The molecular formula is C17H35NO. The minimum absolute atomic E-state index is 0.118. The van der Waals surface area contributed by atoms with Gasteiger partial charge >= 0.3 is 0 Å². The first-order valence-corrected chi connectivity index (χ1v) is 8.23. The summed E-state index contributed by atoms with van der Waals surface area (Å²) in [5.41, 5.74) is 0. The molecule has 0 heterocycles. The second kappa shape index (κ2) is 7.64. The molecule has 114 valence electrons. The molecule has 0 bridgehead atoms. The molecule has 0 saturated heterocycles. The van der Waals surface area contributed by atoms with E-state index in [0.29, 0.717) is 17.9 Å². The summed E-state index contributed by atoms with van der Waals surface area (Å²) in [6.07, 6.45) is 3.25. The lowest BCUT2D eigenvalue weighted by Crippen LogP contribution is -2.50. The fourth-order valence-electron chi connectivity index (χ4n) is 3.44. The first-order valence-electron chi connectivity index (χ1n) is 8.23. The van der Waals surface area contributed by atoms with E-state index in [4.69, 9.17) is 0 Å². The van der Waals surface area contributed by atoms with Gasteiger partial charge in [-0.3, -0.25) is 4.90 Å². The molecule has 3 atom stereocenters. The number of rotatable bonds is 6. The molecular weight excluding hydrogens is 234 g/mol. The summed E-state index contributed by atoms with van der Waals surface area (Å²) in [5.74, 6) is 2.88. The van der Waals surface area contributed by atoms with E-state index in [2.05, 4.69) is 46.4 Å². The van der Waals surface area contributed by atoms with Gasteiger partial charge in [-0.15, -0.1) is 0 Å². The van der Waals surface area contributed by atoms with Gasteiger partial charge in [-0.2, -0.15) is 0 Å². The van der Waals surface area contributed by atoms with Gasteiger partial charge in [-0.1, -0.05) is 41.5 Å². The maximum Gasteiger partial charge on any atom is 0.0695 e. The van der Waals surface area contributed by atoms with E-state index >= 15 is 0 Å². The molecule has 0 amide bonds. The monoisotopic (exact) mass is 269 g/mol. The van der Waals surface area contributed by atoms with E-state index in [1.807, 2.05) is 0 Å². The Morgan fingerprint density at radius 1 is 0.947 bits per heavy atom. The molecule has 0 spiro atoms. The van der Waals surface area contributed by atoms with Crippen LogP contribution in [-0.4, -0.2) is 35.2 Å². The maximum atomic E-state index is 10.4. The van der Waals surface area contributed by atoms with E-state index < -0.39 is 0 Å². The summed E-state index contributed by atoms with van der Waals surface area (Å²) in [7, 11) is 0. The molecule has 1 aliphatic rings. The molecule has 0 aromatic heterocycles. The maximum absolute atomic E-state index is 10.4. The van der Waals surface area contributed by atoms with E-state index in [1.165, 1.54) is 12.8 Å². The van der Waals surface area contributed by atoms with Gasteiger partial charge in [-0.25, -0.2) is 0 Å². The molecule has 1 aliphatic carbocycles. The molecule has 19 heavy (non-hydrogen) atoms. The second-order valence-electron chi connectivity index (χ2n) is 7.69. The number of hydrogen-bond acceptors (Lipinski definition) is 2. The highest BCUT2D eigenvalue weighted by atomic mass is 16.3. The first-order chi connectivity index (χ1) is 8.81.